The molecule has 0 atom stereocenters. The molecule has 1 amide bonds. The number of fused-ring (bicyclic) bond motifs is 1. The molecule has 146 valence electrons. The van der Waals surface area contributed by atoms with Gasteiger partial charge in [-0.1, -0.05) is 42.3 Å². The summed E-state index contributed by atoms with van der Waals surface area (Å²) in [5, 5.41) is 5.26. The number of rotatable bonds is 6. The van der Waals surface area contributed by atoms with Gasteiger partial charge in [0.2, 0.25) is 5.91 Å². The number of amides is 1. The molecule has 0 bridgehead atoms. The van der Waals surface area contributed by atoms with Crippen LogP contribution in [0.1, 0.15) is 36.1 Å². The summed E-state index contributed by atoms with van der Waals surface area (Å²) in [6, 6.07) is 8.49. The Balaban J connectivity index is 1.29. The first-order valence-electron chi connectivity index (χ1n) is 9.56. The maximum absolute atomic E-state index is 12.2. The maximum Gasteiger partial charge on any atom is 0.244 e. The molecule has 3 heterocycles. The Morgan fingerprint density at radius 3 is 2.71 bits per heavy atom. The first kappa shape index (κ1) is 19.2. The fourth-order valence-electron chi connectivity index (χ4n) is 3.47. The van der Waals surface area contributed by atoms with Crippen molar-refractivity contribution < 1.29 is 4.79 Å². The van der Waals surface area contributed by atoms with Crippen molar-refractivity contribution in [3.8, 4) is 0 Å². The first-order valence-corrected chi connectivity index (χ1v) is 10.8. The molecule has 1 fully saturated rings. The topological polar surface area (TPSA) is 49.6 Å². The van der Waals surface area contributed by atoms with E-state index in [1.165, 1.54) is 55.3 Å². The van der Waals surface area contributed by atoms with Crippen LogP contribution < -0.4 is 5.32 Å². The molecule has 1 saturated heterocycles. The molecular formula is C21H23ClN4OS. The van der Waals surface area contributed by atoms with E-state index in [1.54, 1.807) is 6.08 Å². The molecule has 0 unspecified atom stereocenters. The molecule has 5 nitrogen and oxygen atoms in total. The monoisotopic (exact) mass is 414 g/mol. The van der Waals surface area contributed by atoms with Crippen LogP contribution in [0.2, 0.25) is 5.15 Å². The molecule has 1 N–H and O–H groups in total. The number of thiazole rings is 1. The summed E-state index contributed by atoms with van der Waals surface area (Å²) >= 11 is 7.64. The number of carbonyl (C=O) groups is 1. The quantitative estimate of drug-likeness (QED) is 0.609. The smallest absolute Gasteiger partial charge is 0.244 e. The lowest BCUT2D eigenvalue weighted by atomic mass is 10.1. The normalized spacial score (nSPS) is 15.5. The lowest BCUT2D eigenvalue weighted by molar-refractivity contribution is -0.116. The van der Waals surface area contributed by atoms with Crippen molar-refractivity contribution in [1.82, 2.24) is 19.6 Å². The van der Waals surface area contributed by atoms with Gasteiger partial charge in [-0.05, 0) is 43.1 Å². The fourth-order valence-corrected chi connectivity index (χ4v) is 4.47. The van der Waals surface area contributed by atoms with Crippen LogP contribution in [0.3, 0.4) is 0 Å². The highest BCUT2D eigenvalue weighted by molar-refractivity contribution is 7.15. The van der Waals surface area contributed by atoms with Gasteiger partial charge in [0.25, 0.3) is 0 Å². The molecular weight excluding hydrogens is 392 g/mol. The zero-order valence-corrected chi connectivity index (χ0v) is 17.2. The molecule has 1 aliphatic rings. The predicted molar refractivity (Wildman–Crippen MR) is 115 cm³/mol. The number of nitrogens with zero attached hydrogens (tertiary/aromatic N) is 3. The number of hydrogen-bond acceptors (Lipinski definition) is 4. The highest BCUT2D eigenvalue weighted by atomic mass is 35.5. The Morgan fingerprint density at radius 2 is 1.93 bits per heavy atom. The Kier molecular flexibility index (Phi) is 6.10. The molecule has 7 heteroatoms. The van der Waals surface area contributed by atoms with Gasteiger partial charge in [-0.15, -0.1) is 11.3 Å². The van der Waals surface area contributed by atoms with E-state index in [2.05, 4.69) is 39.5 Å². The van der Waals surface area contributed by atoms with Crippen molar-refractivity contribution in [3.05, 3.63) is 63.9 Å². The highest BCUT2D eigenvalue weighted by Gasteiger charge is 2.11. The Morgan fingerprint density at radius 1 is 1.18 bits per heavy atom. The van der Waals surface area contributed by atoms with E-state index in [9.17, 15) is 4.79 Å². The van der Waals surface area contributed by atoms with Crippen LogP contribution in [0.4, 0.5) is 0 Å². The third-order valence-corrected chi connectivity index (χ3v) is 6.03. The number of nitrogens with one attached hydrogen (secondary N) is 1. The Bertz CT molecular complexity index is 970. The Hall–Kier alpha value is -2.15. The lowest BCUT2D eigenvalue weighted by Crippen LogP contribution is -2.29. The van der Waals surface area contributed by atoms with Crippen LogP contribution in [0.25, 0.3) is 11.0 Å². The van der Waals surface area contributed by atoms with Crippen LogP contribution in [-0.4, -0.2) is 33.3 Å². The van der Waals surface area contributed by atoms with Crippen LogP contribution in [0.15, 0.2) is 41.9 Å². The number of likely N-dealkylation sites (tertiary alicyclic amines) is 1. The molecule has 0 radical (unpaired) electrons. The second-order valence-electron chi connectivity index (χ2n) is 7.05. The van der Waals surface area contributed by atoms with Crippen molar-refractivity contribution in [2.75, 3.05) is 13.1 Å². The third-order valence-electron chi connectivity index (χ3n) is 4.99. The zero-order chi connectivity index (χ0) is 19.3. The van der Waals surface area contributed by atoms with E-state index < -0.39 is 0 Å². The molecule has 0 saturated carbocycles. The predicted octanol–water partition coefficient (Wildman–Crippen LogP) is 4.36. The third kappa shape index (κ3) is 4.63. The average Bonchev–Trinajstić information content (AvgIpc) is 3.27. The zero-order valence-electron chi connectivity index (χ0n) is 15.6. The minimum absolute atomic E-state index is 0.154. The summed E-state index contributed by atoms with van der Waals surface area (Å²) in [7, 11) is 0. The second-order valence-corrected chi connectivity index (χ2v) is 8.28. The molecule has 0 aliphatic carbocycles. The van der Waals surface area contributed by atoms with Crippen LogP contribution >= 0.6 is 22.9 Å². The number of halogens is 1. The van der Waals surface area contributed by atoms with Crippen LogP contribution in [-0.2, 0) is 17.9 Å². The summed E-state index contributed by atoms with van der Waals surface area (Å²) < 4.78 is 1.87. The molecule has 3 aromatic rings. The molecule has 2 aromatic heterocycles. The van der Waals surface area contributed by atoms with Crippen molar-refractivity contribution in [2.45, 2.75) is 32.4 Å². The number of piperidine rings is 1. The van der Waals surface area contributed by atoms with Gasteiger partial charge >= 0.3 is 0 Å². The fraction of sp³-hybridized carbons (Fsp3) is 0.333. The second kappa shape index (κ2) is 8.90. The van der Waals surface area contributed by atoms with E-state index in [4.69, 9.17) is 11.6 Å². The van der Waals surface area contributed by atoms with Gasteiger partial charge in [0.05, 0.1) is 5.69 Å². The minimum Gasteiger partial charge on any atom is -0.348 e. The maximum atomic E-state index is 12.2. The van der Waals surface area contributed by atoms with Gasteiger partial charge in [0, 0.05) is 30.7 Å². The molecule has 1 aromatic carbocycles. The van der Waals surface area contributed by atoms with E-state index in [0.717, 1.165) is 22.8 Å². The Labute approximate surface area is 173 Å². The van der Waals surface area contributed by atoms with E-state index in [1.807, 2.05) is 16.0 Å². The number of hydrogen-bond donors (Lipinski definition) is 1. The van der Waals surface area contributed by atoms with Crippen molar-refractivity contribution in [1.29, 1.82) is 0 Å². The lowest BCUT2D eigenvalue weighted by Gasteiger charge is -2.26. The largest absolute Gasteiger partial charge is 0.348 e. The van der Waals surface area contributed by atoms with Gasteiger partial charge in [0.1, 0.15) is 0 Å². The summed E-state index contributed by atoms with van der Waals surface area (Å²) in [6.07, 6.45) is 9.06. The van der Waals surface area contributed by atoms with E-state index >= 15 is 0 Å². The standard InChI is InChI=1S/C21H23ClN4OS/c22-20-18(26-12-13-28-21(26)24-20)8-9-19(27)23-14-16-4-6-17(7-5-16)15-25-10-2-1-3-11-25/h4-9,12-13H,1-3,10-11,14-15H2,(H,23,27)/b9-8+. The molecule has 28 heavy (non-hydrogen) atoms. The van der Waals surface area contributed by atoms with Crippen molar-refractivity contribution in [3.63, 3.8) is 0 Å². The minimum atomic E-state index is -0.154. The van der Waals surface area contributed by atoms with E-state index in [0.29, 0.717) is 11.7 Å². The summed E-state index contributed by atoms with van der Waals surface area (Å²) in [4.78, 5) is 19.7. The van der Waals surface area contributed by atoms with Gasteiger partial charge in [0.15, 0.2) is 10.1 Å². The van der Waals surface area contributed by atoms with Gasteiger partial charge in [-0.3, -0.25) is 14.1 Å². The summed E-state index contributed by atoms with van der Waals surface area (Å²) in [6.45, 7) is 3.91. The van der Waals surface area contributed by atoms with Crippen molar-refractivity contribution in [2.24, 2.45) is 0 Å². The molecule has 1 aliphatic heterocycles. The number of carbonyl (C=O) groups excluding carboxylic acids is 1. The first-order chi connectivity index (χ1) is 13.7. The summed E-state index contributed by atoms with van der Waals surface area (Å²) in [5.74, 6) is -0.154. The van der Waals surface area contributed by atoms with Crippen molar-refractivity contribution >= 4 is 39.9 Å². The SMILES string of the molecule is O=C(/C=C/c1c(Cl)nc2sccn12)NCc1ccc(CN2CCCCC2)cc1. The number of benzene rings is 1. The van der Waals surface area contributed by atoms with Crippen LogP contribution in [0.5, 0.6) is 0 Å². The van der Waals surface area contributed by atoms with Crippen LogP contribution in [0, 0.1) is 0 Å². The molecule has 0 spiro atoms. The number of imidazole rings is 1. The van der Waals surface area contributed by atoms with Gasteiger partial charge < -0.3 is 5.32 Å². The van der Waals surface area contributed by atoms with Gasteiger partial charge in [-0.2, -0.15) is 0 Å². The average molecular weight is 415 g/mol. The van der Waals surface area contributed by atoms with Gasteiger partial charge in [-0.25, -0.2) is 4.98 Å². The van der Waals surface area contributed by atoms with E-state index in [-0.39, 0.29) is 5.91 Å². The molecule has 4 rings (SSSR count). The highest BCUT2D eigenvalue weighted by Crippen LogP contribution is 2.22. The number of aromatic nitrogens is 2. The summed E-state index contributed by atoms with van der Waals surface area (Å²) in [5.41, 5.74) is 3.13.